The number of aromatic nitrogens is 1. The molecule has 2 aliphatic rings. The van der Waals surface area contributed by atoms with Crippen LogP contribution in [0.5, 0.6) is 5.75 Å². The number of nitrogens with zero attached hydrogens (tertiary/aromatic N) is 4. The number of aliphatic imine (C=N–C) groups is 1. The summed E-state index contributed by atoms with van der Waals surface area (Å²) in [7, 11) is 0. The van der Waals surface area contributed by atoms with E-state index in [-0.39, 0.29) is 18.0 Å². The van der Waals surface area contributed by atoms with Crippen LogP contribution in [0.25, 0.3) is 22.5 Å². The number of amides is 1. The first kappa shape index (κ1) is 23.0. The Morgan fingerprint density at radius 1 is 1.00 bits per heavy atom. The molecule has 1 amide bonds. The van der Waals surface area contributed by atoms with Crippen LogP contribution in [0.1, 0.15) is 17.0 Å². The molecule has 4 aromatic rings. The molecule has 0 aliphatic carbocycles. The number of carbonyl (C=O) groups excluding carboxylic acids is 1. The summed E-state index contributed by atoms with van der Waals surface area (Å²) < 4.78 is 7.96. The lowest BCUT2D eigenvalue weighted by Gasteiger charge is -2.20. The molecule has 3 aromatic carbocycles. The van der Waals surface area contributed by atoms with Gasteiger partial charge in [0, 0.05) is 16.8 Å². The number of hydrazone groups is 1. The van der Waals surface area contributed by atoms with Gasteiger partial charge < -0.3 is 9.30 Å². The lowest BCUT2D eigenvalue weighted by molar-refractivity contribution is -0.114. The number of aryl methyl sites for hydroxylation is 1. The van der Waals surface area contributed by atoms with E-state index in [1.165, 1.54) is 16.8 Å². The predicted octanol–water partition coefficient (Wildman–Crippen LogP) is 5.95. The predicted molar refractivity (Wildman–Crippen MR) is 150 cm³/mol. The van der Waals surface area contributed by atoms with Crippen molar-refractivity contribution in [3.8, 4) is 11.4 Å². The Bertz CT molecular complexity index is 1660. The maximum Gasteiger partial charge on any atom is 0.283 e. The van der Waals surface area contributed by atoms with E-state index in [9.17, 15) is 4.79 Å². The van der Waals surface area contributed by atoms with E-state index in [1.54, 1.807) is 6.08 Å². The summed E-state index contributed by atoms with van der Waals surface area (Å²) in [5.74, 6) is 0.289. The van der Waals surface area contributed by atoms with Crippen LogP contribution in [-0.2, 0) is 4.79 Å². The van der Waals surface area contributed by atoms with Crippen LogP contribution < -0.4 is 4.74 Å². The average Bonchev–Trinajstić information content (AvgIpc) is 3.45. The van der Waals surface area contributed by atoms with Crippen LogP contribution in [0, 0.1) is 19.3 Å². The van der Waals surface area contributed by atoms with E-state index in [0.717, 1.165) is 39.2 Å². The Hall–Kier alpha value is -4.43. The summed E-state index contributed by atoms with van der Waals surface area (Å²) in [6, 6.07) is 26.0. The average molecular weight is 506 g/mol. The van der Waals surface area contributed by atoms with Gasteiger partial charge in [0.15, 0.2) is 5.84 Å². The summed E-state index contributed by atoms with van der Waals surface area (Å²) >= 11 is 1.25. The van der Waals surface area contributed by atoms with Gasteiger partial charge >= 0.3 is 0 Å². The van der Waals surface area contributed by atoms with Crippen LogP contribution in [0.15, 0.2) is 94.5 Å². The number of hydrogen-bond acceptors (Lipinski definition) is 5. The Labute approximate surface area is 218 Å². The molecule has 0 saturated heterocycles. The van der Waals surface area contributed by atoms with E-state index in [4.69, 9.17) is 10.1 Å². The Kier molecular flexibility index (Phi) is 5.73. The van der Waals surface area contributed by atoms with Crippen molar-refractivity contribution in [1.82, 2.24) is 9.58 Å². The second-order valence-electron chi connectivity index (χ2n) is 8.78. The zero-order chi connectivity index (χ0) is 25.5. The highest BCUT2D eigenvalue weighted by Crippen LogP contribution is 2.31. The lowest BCUT2D eigenvalue weighted by atomic mass is 10.1. The smallest absolute Gasteiger partial charge is 0.283 e. The summed E-state index contributed by atoms with van der Waals surface area (Å²) in [5, 5.41) is 18.0. The quantitative estimate of drug-likeness (QED) is 0.340. The lowest BCUT2D eigenvalue weighted by Crippen LogP contribution is -2.35. The molecule has 6 rings (SSSR count). The minimum absolute atomic E-state index is 0.00664. The highest BCUT2D eigenvalue weighted by atomic mass is 32.2. The zero-order valence-electron chi connectivity index (χ0n) is 20.3. The number of thioether (sulfide) groups is 1. The number of hydrogen-bond donors (Lipinski definition) is 1. The first-order valence-corrected chi connectivity index (χ1v) is 12.7. The van der Waals surface area contributed by atoms with Crippen LogP contribution in [-0.4, -0.2) is 38.1 Å². The molecule has 8 heteroatoms. The van der Waals surface area contributed by atoms with Gasteiger partial charge in [-0.25, -0.2) is 0 Å². The van der Waals surface area contributed by atoms with Crippen molar-refractivity contribution in [3.05, 3.63) is 101 Å². The van der Waals surface area contributed by atoms with Gasteiger partial charge in [0.1, 0.15) is 17.4 Å². The van der Waals surface area contributed by atoms with Gasteiger partial charge in [-0.3, -0.25) is 10.2 Å². The molecule has 0 bridgehead atoms. The zero-order valence-corrected chi connectivity index (χ0v) is 21.1. The number of amidine groups is 2. The maximum atomic E-state index is 13.0. The van der Waals surface area contributed by atoms with Gasteiger partial charge in [-0.2, -0.15) is 15.1 Å². The van der Waals surface area contributed by atoms with Gasteiger partial charge in [0.05, 0.1) is 11.3 Å². The van der Waals surface area contributed by atoms with Crippen molar-refractivity contribution >= 4 is 50.6 Å². The monoisotopic (exact) mass is 505 g/mol. The molecular weight excluding hydrogens is 482 g/mol. The minimum Gasteiger partial charge on any atom is -0.487 e. The van der Waals surface area contributed by atoms with E-state index >= 15 is 0 Å². The SMILES string of the molecule is Cc1cc(C=C2C(=N)N3N=C(COc4ccccc4)SC3=NC2=O)c(C)n1-c1cccc2ccccc12. The molecule has 0 atom stereocenters. The standard InChI is InChI=1S/C29H23N5O2S/c1-18-15-21(19(2)33(18)25-14-8-10-20-9-6-7-13-23(20)25)16-24-27(30)34-29(31-28(24)35)37-26(32-34)17-36-22-11-4-3-5-12-22/h3-16,30H,17H2,1-2H3. The highest BCUT2D eigenvalue weighted by Gasteiger charge is 2.36. The van der Waals surface area contributed by atoms with Crippen molar-refractivity contribution in [3.63, 3.8) is 0 Å². The normalized spacial score (nSPS) is 16.3. The third-order valence-corrected chi connectivity index (χ3v) is 7.26. The van der Waals surface area contributed by atoms with Crippen LogP contribution in [0.3, 0.4) is 0 Å². The van der Waals surface area contributed by atoms with Gasteiger partial charge in [0.2, 0.25) is 5.17 Å². The van der Waals surface area contributed by atoms with Crippen molar-refractivity contribution in [1.29, 1.82) is 5.41 Å². The molecule has 0 saturated carbocycles. The fraction of sp³-hybridized carbons (Fsp3) is 0.103. The van der Waals surface area contributed by atoms with Crippen molar-refractivity contribution in [2.75, 3.05) is 6.61 Å². The van der Waals surface area contributed by atoms with E-state index in [0.29, 0.717) is 10.2 Å². The van der Waals surface area contributed by atoms with Crippen LogP contribution >= 0.6 is 11.8 Å². The number of carbonyl (C=O) groups is 1. The van der Waals surface area contributed by atoms with E-state index < -0.39 is 5.91 Å². The molecular formula is C29H23N5O2S. The summed E-state index contributed by atoms with van der Waals surface area (Å²) in [4.78, 5) is 17.2. The summed E-state index contributed by atoms with van der Waals surface area (Å²) in [6.45, 7) is 4.30. The summed E-state index contributed by atoms with van der Waals surface area (Å²) in [6.07, 6.45) is 1.74. The Balaban J connectivity index is 1.31. The first-order chi connectivity index (χ1) is 18.0. The maximum absolute atomic E-state index is 13.0. The molecule has 0 radical (unpaired) electrons. The van der Waals surface area contributed by atoms with Crippen LogP contribution in [0.2, 0.25) is 0 Å². The van der Waals surface area contributed by atoms with Gasteiger partial charge in [-0.05, 0) is 66.9 Å². The fourth-order valence-corrected chi connectivity index (χ4v) is 5.41. The van der Waals surface area contributed by atoms with Crippen LogP contribution in [0.4, 0.5) is 0 Å². The van der Waals surface area contributed by atoms with Gasteiger partial charge in [-0.1, -0.05) is 54.6 Å². The number of benzene rings is 3. The molecule has 37 heavy (non-hydrogen) atoms. The first-order valence-electron chi connectivity index (χ1n) is 11.8. The molecule has 0 spiro atoms. The molecule has 2 aliphatic heterocycles. The summed E-state index contributed by atoms with van der Waals surface area (Å²) in [5.41, 5.74) is 4.16. The third-order valence-electron chi connectivity index (χ3n) is 6.38. The number of nitrogens with one attached hydrogen (secondary N) is 1. The third kappa shape index (κ3) is 4.15. The second kappa shape index (κ2) is 9.22. The van der Waals surface area contributed by atoms with E-state index in [2.05, 4.69) is 38.9 Å². The van der Waals surface area contributed by atoms with Crippen molar-refractivity contribution in [2.24, 2.45) is 10.1 Å². The number of para-hydroxylation sites is 1. The molecule has 1 N–H and O–H groups in total. The molecule has 1 aromatic heterocycles. The highest BCUT2D eigenvalue weighted by molar-refractivity contribution is 8.27. The second-order valence-corrected chi connectivity index (χ2v) is 9.82. The number of ether oxygens (including phenoxy) is 1. The minimum atomic E-state index is -0.445. The number of fused-ring (bicyclic) bond motifs is 2. The van der Waals surface area contributed by atoms with Crippen molar-refractivity contribution < 1.29 is 9.53 Å². The molecule has 0 fully saturated rings. The fourth-order valence-electron chi connectivity index (χ4n) is 4.62. The largest absolute Gasteiger partial charge is 0.487 e. The van der Waals surface area contributed by atoms with Gasteiger partial charge in [-0.15, -0.1) is 0 Å². The van der Waals surface area contributed by atoms with E-state index in [1.807, 2.05) is 68.4 Å². The van der Waals surface area contributed by atoms with Crippen molar-refractivity contribution in [2.45, 2.75) is 13.8 Å². The topological polar surface area (TPSA) is 83.0 Å². The van der Waals surface area contributed by atoms with Gasteiger partial charge in [0.25, 0.3) is 5.91 Å². The number of rotatable bonds is 5. The Morgan fingerprint density at radius 2 is 1.76 bits per heavy atom. The Morgan fingerprint density at radius 3 is 2.59 bits per heavy atom. The molecule has 0 unspecified atom stereocenters. The molecule has 182 valence electrons. The molecule has 3 heterocycles. The molecule has 7 nitrogen and oxygen atoms in total.